The van der Waals surface area contributed by atoms with Crippen molar-refractivity contribution >= 4 is 17.4 Å². The van der Waals surface area contributed by atoms with Crippen molar-refractivity contribution in [1.82, 2.24) is 0 Å². The molecule has 6 heteroatoms. The highest BCUT2D eigenvalue weighted by Gasteiger charge is 2.45. The standard InChI is InChI=1S/C19H21NO5/c1-10-5-6-12(9-11(10)2)20-13-7-8-14(21)15(13)16-17(22)24-19(3,4)25-18(16)23/h5-9,13,15,20,22H,1-4H3/t13-,15-/m1/s1. The Morgan fingerprint density at radius 2 is 1.84 bits per heavy atom. The number of anilines is 1. The number of ketones is 1. The van der Waals surface area contributed by atoms with Crippen LogP contribution in [0, 0.1) is 19.8 Å². The van der Waals surface area contributed by atoms with Crippen molar-refractivity contribution < 1.29 is 24.2 Å². The molecule has 1 heterocycles. The van der Waals surface area contributed by atoms with Crippen LogP contribution < -0.4 is 5.32 Å². The third kappa shape index (κ3) is 3.24. The first-order valence-electron chi connectivity index (χ1n) is 8.09. The van der Waals surface area contributed by atoms with E-state index < -0.39 is 29.7 Å². The molecule has 0 aromatic heterocycles. The second-order valence-corrected chi connectivity index (χ2v) is 6.82. The summed E-state index contributed by atoms with van der Waals surface area (Å²) >= 11 is 0. The van der Waals surface area contributed by atoms with Gasteiger partial charge in [-0.05, 0) is 43.2 Å². The van der Waals surface area contributed by atoms with Crippen molar-refractivity contribution in [3.05, 3.63) is 53.0 Å². The van der Waals surface area contributed by atoms with Crippen LogP contribution in [0.5, 0.6) is 0 Å². The van der Waals surface area contributed by atoms with Crippen LogP contribution >= 0.6 is 0 Å². The van der Waals surface area contributed by atoms with Crippen molar-refractivity contribution in [2.75, 3.05) is 5.32 Å². The van der Waals surface area contributed by atoms with Gasteiger partial charge in [-0.1, -0.05) is 12.1 Å². The lowest BCUT2D eigenvalue weighted by Crippen LogP contribution is -2.42. The minimum atomic E-state index is -1.27. The van der Waals surface area contributed by atoms with Gasteiger partial charge in [-0.15, -0.1) is 0 Å². The van der Waals surface area contributed by atoms with Gasteiger partial charge in [0.1, 0.15) is 5.57 Å². The zero-order chi connectivity index (χ0) is 18.4. The van der Waals surface area contributed by atoms with E-state index in [4.69, 9.17) is 9.47 Å². The van der Waals surface area contributed by atoms with Gasteiger partial charge in [-0.25, -0.2) is 4.79 Å². The molecule has 1 aliphatic heterocycles. The van der Waals surface area contributed by atoms with Crippen LogP contribution in [0.25, 0.3) is 0 Å². The molecule has 0 bridgehead atoms. The number of allylic oxidation sites excluding steroid dienone is 1. The number of carbonyl (C=O) groups excluding carboxylic acids is 2. The van der Waals surface area contributed by atoms with E-state index in [9.17, 15) is 14.7 Å². The van der Waals surface area contributed by atoms with Gasteiger partial charge in [0, 0.05) is 19.5 Å². The second-order valence-electron chi connectivity index (χ2n) is 6.82. The number of aliphatic hydroxyl groups is 1. The predicted molar refractivity (Wildman–Crippen MR) is 91.9 cm³/mol. The molecule has 3 rings (SSSR count). The zero-order valence-electron chi connectivity index (χ0n) is 14.6. The molecule has 2 atom stereocenters. The van der Waals surface area contributed by atoms with Crippen LogP contribution in [-0.2, 0) is 19.1 Å². The number of esters is 1. The molecule has 6 nitrogen and oxygen atoms in total. The quantitative estimate of drug-likeness (QED) is 0.821. The number of hydrogen-bond donors (Lipinski definition) is 2. The fraction of sp³-hybridized carbons (Fsp3) is 0.368. The fourth-order valence-electron chi connectivity index (χ4n) is 3.00. The Morgan fingerprint density at radius 3 is 2.48 bits per heavy atom. The van der Waals surface area contributed by atoms with E-state index in [-0.39, 0.29) is 11.4 Å². The second kappa shape index (κ2) is 5.95. The molecule has 0 amide bonds. The Kier molecular flexibility index (Phi) is 4.06. The van der Waals surface area contributed by atoms with Crippen molar-refractivity contribution in [2.45, 2.75) is 39.5 Å². The Morgan fingerprint density at radius 1 is 1.12 bits per heavy atom. The normalized spacial score (nSPS) is 25.0. The Labute approximate surface area is 146 Å². The highest BCUT2D eigenvalue weighted by Crippen LogP contribution is 2.35. The number of rotatable bonds is 3. The van der Waals surface area contributed by atoms with Gasteiger partial charge in [0.05, 0.1) is 12.0 Å². The minimum Gasteiger partial charge on any atom is -0.480 e. The number of hydrogen-bond acceptors (Lipinski definition) is 6. The summed E-state index contributed by atoms with van der Waals surface area (Å²) in [5, 5.41) is 13.4. The largest absolute Gasteiger partial charge is 0.480 e. The number of aryl methyl sites for hydroxylation is 2. The van der Waals surface area contributed by atoms with E-state index in [0.29, 0.717) is 0 Å². The maximum Gasteiger partial charge on any atom is 0.345 e. The summed E-state index contributed by atoms with van der Waals surface area (Å²) in [6.45, 7) is 7.03. The number of carbonyl (C=O) groups is 2. The maximum atomic E-state index is 12.3. The summed E-state index contributed by atoms with van der Waals surface area (Å²) in [7, 11) is 0. The van der Waals surface area contributed by atoms with Crippen molar-refractivity contribution in [3.8, 4) is 0 Å². The fourth-order valence-corrected chi connectivity index (χ4v) is 3.00. The Hall–Kier alpha value is -2.76. The van der Waals surface area contributed by atoms with Crippen LogP contribution in [0.2, 0.25) is 0 Å². The summed E-state index contributed by atoms with van der Waals surface area (Å²) in [5.41, 5.74) is 2.93. The van der Waals surface area contributed by atoms with Gasteiger partial charge < -0.3 is 19.9 Å². The third-order valence-corrected chi connectivity index (χ3v) is 4.42. The summed E-state index contributed by atoms with van der Waals surface area (Å²) in [4.78, 5) is 24.6. The first kappa shape index (κ1) is 17.1. The van der Waals surface area contributed by atoms with Crippen LogP contribution in [0.4, 0.5) is 5.69 Å². The van der Waals surface area contributed by atoms with E-state index in [1.807, 2.05) is 32.0 Å². The highest BCUT2D eigenvalue weighted by molar-refractivity contribution is 6.05. The van der Waals surface area contributed by atoms with Crippen LogP contribution in [0.3, 0.4) is 0 Å². The molecule has 0 radical (unpaired) electrons. The Balaban J connectivity index is 1.90. The van der Waals surface area contributed by atoms with Crippen LogP contribution in [-0.4, -0.2) is 28.7 Å². The molecule has 1 aromatic rings. The molecule has 0 spiro atoms. The van der Waals surface area contributed by atoms with Gasteiger partial charge in [0.15, 0.2) is 5.78 Å². The average Bonchev–Trinajstić information content (AvgIpc) is 2.83. The zero-order valence-corrected chi connectivity index (χ0v) is 14.6. The van der Waals surface area contributed by atoms with Gasteiger partial charge in [0.2, 0.25) is 0 Å². The molecule has 2 aliphatic rings. The van der Waals surface area contributed by atoms with Crippen molar-refractivity contribution in [2.24, 2.45) is 5.92 Å². The van der Waals surface area contributed by atoms with Crippen LogP contribution in [0.15, 0.2) is 41.9 Å². The maximum absolute atomic E-state index is 12.3. The molecule has 0 saturated carbocycles. The molecule has 0 unspecified atom stereocenters. The SMILES string of the molecule is Cc1ccc(N[C@@H]2C=CC(=O)[C@@H]2C2=C(O)OC(C)(C)OC2=O)cc1C. The lowest BCUT2D eigenvalue weighted by Gasteiger charge is -2.33. The monoisotopic (exact) mass is 343 g/mol. The molecular formula is C19H21NO5. The molecule has 1 aromatic carbocycles. The first-order valence-corrected chi connectivity index (χ1v) is 8.09. The molecule has 0 fully saturated rings. The van der Waals surface area contributed by atoms with Gasteiger partial charge in [-0.3, -0.25) is 4.79 Å². The molecule has 132 valence electrons. The van der Waals surface area contributed by atoms with Crippen molar-refractivity contribution in [3.63, 3.8) is 0 Å². The summed E-state index contributed by atoms with van der Waals surface area (Å²) in [6.07, 6.45) is 3.08. The van der Waals surface area contributed by atoms with E-state index >= 15 is 0 Å². The Bertz CT molecular complexity index is 806. The lowest BCUT2D eigenvalue weighted by atomic mass is 9.91. The van der Waals surface area contributed by atoms with E-state index in [1.54, 1.807) is 6.08 Å². The molecule has 1 aliphatic carbocycles. The number of cyclic esters (lactones) is 1. The number of ether oxygens (including phenoxy) is 2. The smallest absolute Gasteiger partial charge is 0.345 e. The summed E-state index contributed by atoms with van der Waals surface area (Å²) in [5.74, 6) is -3.76. The molecule has 0 saturated heterocycles. The number of aliphatic hydroxyl groups excluding tert-OH is 1. The average molecular weight is 343 g/mol. The summed E-state index contributed by atoms with van der Waals surface area (Å²) < 4.78 is 10.4. The number of nitrogens with one attached hydrogen (secondary N) is 1. The number of benzene rings is 1. The van der Waals surface area contributed by atoms with Crippen molar-refractivity contribution in [1.29, 1.82) is 0 Å². The van der Waals surface area contributed by atoms with E-state index in [1.165, 1.54) is 19.9 Å². The third-order valence-electron chi connectivity index (χ3n) is 4.42. The van der Waals surface area contributed by atoms with Gasteiger partial charge in [0.25, 0.3) is 11.7 Å². The molecule has 25 heavy (non-hydrogen) atoms. The lowest BCUT2D eigenvalue weighted by molar-refractivity contribution is -0.223. The molecule has 2 N–H and O–H groups in total. The first-order chi connectivity index (χ1) is 11.7. The van der Waals surface area contributed by atoms with E-state index in [2.05, 4.69) is 5.32 Å². The van der Waals surface area contributed by atoms with E-state index in [0.717, 1.165) is 16.8 Å². The van der Waals surface area contributed by atoms with Gasteiger partial charge in [-0.2, -0.15) is 0 Å². The topological polar surface area (TPSA) is 84.9 Å². The molecular weight excluding hydrogens is 322 g/mol. The van der Waals surface area contributed by atoms with Crippen LogP contribution in [0.1, 0.15) is 25.0 Å². The summed E-state index contributed by atoms with van der Waals surface area (Å²) in [6, 6.07) is 5.37. The predicted octanol–water partition coefficient (Wildman–Crippen LogP) is 2.92. The highest BCUT2D eigenvalue weighted by atomic mass is 16.8. The van der Waals surface area contributed by atoms with Gasteiger partial charge >= 0.3 is 5.97 Å². The minimum absolute atomic E-state index is 0.157.